The van der Waals surface area contributed by atoms with E-state index < -0.39 is 52.1 Å². The van der Waals surface area contributed by atoms with Gasteiger partial charge in [0.1, 0.15) is 6.61 Å². The molecule has 0 unspecified atom stereocenters. The Morgan fingerprint density at radius 2 is 1.78 bits per heavy atom. The van der Waals surface area contributed by atoms with Crippen molar-refractivity contribution in [3.63, 3.8) is 0 Å². The van der Waals surface area contributed by atoms with Gasteiger partial charge in [-0.05, 0) is 89.1 Å². The van der Waals surface area contributed by atoms with Crippen molar-refractivity contribution < 1.29 is 40.7 Å². The number of nitrogens with one attached hydrogen (secondary N) is 2. The Bertz CT molecular complexity index is 1860. The van der Waals surface area contributed by atoms with Crippen LogP contribution in [0.15, 0.2) is 53.4 Å². The second-order valence-electron chi connectivity index (χ2n) is 13.4. The summed E-state index contributed by atoms with van der Waals surface area (Å²) in [5, 5.41) is 2.74. The molecule has 262 valence electrons. The molecule has 2 heterocycles. The van der Waals surface area contributed by atoms with Crippen molar-refractivity contribution in [2.75, 3.05) is 11.3 Å². The van der Waals surface area contributed by atoms with Crippen LogP contribution in [-0.4, -0.2) is 72.3 Å². The number of anilines is 1. The van der Waals surface area contributed by atoms with E-state index in [1.807, 2.05) is 32.0 Å². The predicted octanol–water partition coefficient (Wildman–Crippen LogP) is 6.16. The van der Waals surface area contributed by atoms with Crippen LogP contribution in [0.4, 0.5) is 23.9 Å². The lowest BCUT2D eigenvalue weighted by molar-refractivity contribution is -0.193. The van der Waals surface area contributed by atoms with Crippen LogP contribution >= 0.6 is 0 Å². The van der Waals surface area contributed by atoms with Crippen LogP contribution < -0.4 is 14.8 Å². The Morgan fingerprint density at radius 1 is 1.10 bits per heavy atom. The number of hydrogen-bond donors (Lipinski definition) is 2. The molecule has 0 radical (unpaired) electrons. The molecule has 1 atom stereocenters. The summed E-state index contributed by atoms with van der Waals surface area (Å²) in [4.78, 5) is 36.5. The number of halogens is 3. The number of amides is 2. The van der Waals surface area contributed by atoms with Gasteiger partial charge >= 0.3 is 12.3 Å². The second kappa shape index (κ2) is 12.8. The molecule has 2 aliphatic carbocycles. The smallest absolute Gasteiger partial charge is 0.407 e. The summed E-state index contributed by atoms with van der Waals surface area (Å²) >= 11 is 0. The molecule has 3 aromatic rings. The topological polar surface area (TPSA) is 140 Å². The van der Waals surface area contributed by atoms with Gasteiger partial charge in [-0.1, -0.05) is 24.3 Å². The SMILES string of the molecule is Cc1cccc(C)c1-c1cc2nc(n1)NS(=O)(=O)c1cccc(c1)C(=O)N(C1CC(NC(=O)OC(C)C)C1)[C@H](CC1(C(F)(F)F)CC1)CO2. The Labute approximate surface area is 282 Å². The quantitative estimate of drug-likeness (QED) is 0.312. The molecule has 4 bridgehead atoms. The molecule has 1 aromatic heterocycles. The summed E-state index contributed by atoms with van der Waals surface area (Å²) in [5.74, 6) is -1.02. The van der Waals surface area contributed by atoms with E-state index in [-0.39, 0.29) is 66.7 Å². The van der Waals surface area contributed by atoms with Gasteiger partial charge in [0.25, 0.3) is 15.9 Å². The molecule has 0 saturated heterocycles. The Morgan fingerprint density at radius 3 is 2.41 bits per heavy atom. The molecule has 2 aromatic carbocycles. The number of carbonyl (C=O) groups is 2. The highest BCUT2D eigenvalue weighted by Gasteiger charge is 2.64. The molecule has 1 aliphatic heterocycles. The van der Waals surface area contributed by atoms with Crippen molar-refractivity contribution in [3.8, 4) is 17.1 Å². The van der Waals surface area contributed by atoms with Crippen molar-refractivity contribution in [2.45, 2.75) is 95.1 Å². The minimum atomic E-state index is -4.51. The number of aromatic nitrogens is 2. The van der Waals surface area contributed by atoms with Gasteiger partial charge in [0.05, 0.1) is 28.2 Å². The lowest BCUT2D eigenvalue weighted by Gasteiger charge is -2.47. The van der Waals surface area contributed by atoms with Crippen molar-refractivity contribution in [3.05, 3.63) is 65.2 Å². The molecule has 2 saturated carbocycles. The first-order valence-corrected chi connectivity index (χ1v) is 17.6. The Kier molecular flexibility index (Phi) is 9.01. The molecular weight excluding hydrogens is 663 g/mol. The molecule has 2 fully saturated rings. The third-order valence-electron chi connectivity index (χ3n) is 9.36. The first-order chi connectivity index (χ1) is 23.0. The summed E-state index contributed by atoms with van der Waals surface area (Å²) < 4.78 is 84.2. The van der Waals surface area contributed by atoms with Crippen LogP contribution in [0.25, 0.3) is 11.3 Å². The second-order valence-corrected chi connectivity index (χ2v) is 15.1. The first kappa shape index (κ1) is 34.5. The fourth-order valence-corrected chi connectivity index (χ4v) is 7.61. The molecule has 3 aliphatic rings. The number of alkyl halides is 3. The summed E-state index contributed by atoms with van der Waals surface area (Å²) in [6.07, 6.45) is -5.59. The molecule has 6 rings (SSSR count). The number of benzene rings is 2. The number of hydrogen-bond acceptors (Lipinski definition) is 8. The zero-order valence-corrected chi connectivity index (χ0v) is 28.3. The zero-order chi connectivity index (χ0) is 35.3. The number of rotatable bonds is 6. The highest BCUT2D eigenvalue weighted by Crippen LogP contribution is 2.61. The largest absolute Gasteiger partial charge is 0.475 e. The van der Waals surface area contributed by atoms with Crippen molar-refractivity contribution in [2.24, 2.45) is 5.41 Å². The van der Waals surface area contributed by atoms with E-state index in [9.17, 15) is 31.2 Å². The summed E-state index contributed by atoms with van der Waals surface area (Å²) in [6, 6.07) is 10.4. The fourth-order valence-electron chi connectivity index (χ4n) is 6.62. The van der Waals surface area contributed by atoms with Gasteiger partial charge in [-0.2, -0.15) is 18.2 Å². The number of sulfonamides is 1. The predicted molar refractivity (Wildman–Crippen MR) is 174 cm³/mol. The first-order valence-electron chi connectivity index (χ1n) is 16.1. The number of aryl methyl sites for hydroxylation is 2. The zero-order valence-electron chi connectivity index (χ0n) is 27.5. The van der Waals surface area contributed by atoms with E-state index in [1.54, 1.807) is 13.8 Å². The van der Waals surface area contributed by atoms with Crippen LogP contribution in [0, 0.1) is 19.3 Å². The van der Waals surface area contributed by atoms with Crippen LogP contribution in [0.5, 0.6) is 5.88 Å². The minimum Gasteiger partial charge on any atom is -0.475 e. The van der Waals surface area contributed by atoms with Gasteiger partial charge in [-0.25, -0.2) is 22.9 Å². The van der Waals surface area contributed by atoms with Gasteiger partial charge in [0.2, 0.25) is 11.8 Å². The number of fused-ring (bicyclic) bond motifs is 4. The van der Waals surface area contributed by atoms with E-state index in [0.29, 0.717) is 11.3 Å². The monoisotopic (exact) mass is 701 g/mol. The minimum absolute atomic E-state index is 0.0246. The van der Waals surface area contributed by atoms with E-state index in [1.165, 1.54) is 35.2 Å². The van der Waals surface area contributed by atoms with E-state index >= 15 is 0 Å². The third-order valence-corrected chi connectivity index (χ3v) is 10.7. The number of carbonyl (C=O) groups excluding carboxylic acids is 2. The van der Waals surface area contributed by atoms with E-state index in [2.05, 4.69) is 20.0 Å². The maximum absolute atomic E-state index is 14.4. The van der Waals surface area contributed by atoms with E-state index in [4.69, 9.17) is 9.47 Å². The standard InChI is InChI=1S/C34H38F3N5O6S/c1-19(2)48-32(44)38-23-14-24(15-23)42-25(17-33(11-12-33)34(35,36)37)18-47-28-16-27(29-20(3)7-5-8-21(29)4)39-31(40-28)41-49(45,46)26-10-6-9-22(13-26)30(42)43/h5-10,13,16,19,23-25H,11-12,14-15,17-18H2,1-4H3,(H,38,44)(H,39,40,41)/t23?,24?,25-/m1/s1. The molecule has 0 spiro atoms. The summed E-state index contributed by atoms with van der Waals surface area (Å²) in [6.45, 7) is 6.79. The van der Waals surface area contributed by atoms with Crippen molar-refractivity contribution in [1.82, 2.24) is 20.2 Å². The summed E-state index contributed by atoms with van der Waals surface area (Å²) in [5.41, 5.74) is 0.746. The number of nitrogens with zero attached hydrogens (tertiary/aromatic N) is 3. The lowest BCUT2D eigenvalue weighted by Crippen LogP contribution is -2.60. The van der Waals surface area contributed by atoms with Gasteiger partial charge in [-0.15, -0.1) is 0 Å². The fraction of sp³-hybridized carbons (Fsp3) is 0.471. The average molecular weight is 702 g/mol. The molecule has 15 heteroatoms. The Balaban J connectivity index is 1.43. The van der Waals surface area contributed by atoms with Crippen molar-refractivity contribution >= 4 is 28.0 Å². The lowest BCUT2D eigenvalue weighted by atomic mass is 9.83. The average Bonchev–Trinajstić information content (AvgIpc) is 3.78. The van der Waals surface area contributed by atoms with Crippen LogP contribution in [0.3, 0.4) is 0 Å². The van der Waals surface area contributed by atoms with Crippen molar-refractivity contribution in [1.29, 1.82) is 0 Å². The normalized spacial score (nSPS) is 22.7. The number of alkyl carbamates (subject to hydrolysis) is 1. The van der Waals surface area contributed by atoms with Gasteiger partial charge in [0.15, 0.2) is 0 Å². The van der Waals surface area contributed by atoms with Crippen LogP contribution in [0.2, 0.25) is 0 Å². The van der Waals surface area contributed by atoms with Crippen LogP contribution in [0.1, 0.15) is 67.4 Å². The molecule has 2 N–H and O–H groups in total. The number of ether oxygens (including phenoxy) is 2. The highest BCUT2D eigenvalue weighted by atomic mass is 32.2. The molecule has 11 nitrogen and oxygen atoms in total. The van der Waals surface area contributed by atoms with Crippen LogP contribution in [-0.2, 0) is 14.8 Å². The van der Waals surface area contributed by atoms with Gasteiger partial charge in [-0.3, -0.25) is 4.79 Å². The molecular formula is C34H38F3N5O6S. The molecule has 49 heavy (non-hydrogen) atoms. The highest BCUT2D eigenvalue weighted by molar-refractivity contribution is 7.92. The van der Waals surface area contributed by atoms with Gasteiger partial charge < -0.3 is 19.7 Å². The summed E-state index contributed by atoms with van der Waals surface area (Å²) in [7, 11) is -4.33. The molecule has 2 amide bonds. The Hall–Kier alpha value is -4.40. The van der Waals surface area contributed by atoms with E-state index in [0.717, 1.165) is 11.1 Å². The maximum atomic E-state index is 14.4. The third kappa shape index (κ3) is 7.17. The maximum Gasteiger partial charge on any atom is 0.407 e. The van der Waals surface area contributed by atoms with Gasteiger partial charge in [0, 0.05) is 29.3 Å².